The highest BCUT2D eigenvalue weighted by atomic mass is 16.2. The number of hydrogen-bond acceptors (Lipinski definition) is 2. The molecule has 112 valence electrons. The minimum atomic E-state index is 0.291. The monoisotopic (exact) mass is 268 g/mol. The lowest BCUT2D eigenvalue weighted by molar-refractivity contribution is -0.133. The second-order valence-electron chi connectivity index (χ2n) is 6.52. The van der Waals surface area contributed by atoms with Crippen LogP contribution in [0, 0.1) is 5.92 Å². The molecule has 1 amide bonds. The first kappa shape index (κ1) is 16.5. The zero-order valence-electron chi connectivity index (χ0n) is 13.3. The molecule has 0 N–H and O–H groups in total. The van der Waals surface area contributed by atoms with Crippen molar-refractivity contribution in [3.8, 4) is 0 Å². The van der Waals surface area contributed by atoms with Crippen molar-refractivity contribution in [3.63, 3.8) is 0 Å². The predicted molar refractivity (Wildman–Crippen MR) is 81.2 cm³/mol. The van der Waals surface area contributed by atoms with Gasteiger partial charge in [-0.2, -0.15) is 0 Å². The van der Waals surface area contributed by atoms with E-state index in [1.54, 1.807) is 0 Å². The Morgan fingerprint density at radius 3 is 2.32 bits per heavy atom. The summed E-state index contributed by atoms with van der Waals surface area (Å²) in [6.07, 6.45) is 7.44. The van der Waals surface area contributed by atoms with Crippen molar-refractivity contribution in [3.05, 3.63) is 0 Å². The lowest BCUT2D eigenvalue weighted by atomic mass is 10.0. The van der Waals surface area contributed by atoms with Gasteiger partial charge in [0.2, 0.25) is 5.91 Å². The number of hydrogen-bond donors (Lipinski definition) is 0. The molecular weight excluding hydrogens is 236 g/mol. The van der Waals surface area contributed by atoms with Crippen LogP contribution in [-0.2, 0) is 4.79 Å². The van der Waals surface area contributed by atoms with Crippen molar-refractivity contribution in [2.45, 2.75) is 65.3 Å². The van der Waals surface area contributed by atoms with E-state index in [0.717, 1.165) is 25.4 Å². The minimum absolute atomic E-state index is 0.291. The average Bonchev–Trinajstić information content (AvgIpc) is 2.38. The van der Waals surface area contributed by atoms with E-state index in [-0.39, 0.29) is 0 Å². The number of carbonyl (C=O) groups is 1. The molecule has 1 rings (SSSR count). The summed E-state index contributed by atoms with van der Waals surface area (Å²) in [4.78, 5) is 16.5. The topological polar surface area (TPSA) is 23.6 Å². The van der Waals surface area contributed by atoms with E-state index in [4.69, 9.17) is 0 Å². The third-order valence-corrected chi connectivity index (χ3v) is 4.27. The van der Waals surface area contributed by atoms with Crippen LogP contribution in [-0.4, -0.2) is 48.4 Å². The van der Waals surface area contributed by atoms with Crippen molar-refractivity contribution < 1.29 is 4.79 Å². The average molecular weight is 268 g/mol. The van der Waals surface area contributed by atoms with E-state index in [1.165, 1.54) is 32.1 Å². The van der Waals surface area contributed by atoms with Crippen LogP contribution in [0.2, 0.25) is 0 Å². The predicted octanol–water partition coefficient (Wildman–Crippen LogP) is 3.15. The number of piperidine rings is 1. The van der Waals surface area contributed by atoms with Crippen LogP contribution >= 0.6 is 0 Å². The molecule has 0 aromatic heterocycles. The van der Waals surface area contributed by atoms with E-state index in [0.29, 0.717) is 18.5 Å². The number of nitrogens with zero attached hydrogens (tertiary/aromatic N) is 2. The second kappa shape index (κ2) is 8.57. The Morgan fingerprint density at radius 1 is 1.11 bits per heavy atom. The van der Waals surface area contributed by atoms with Gasteiger partial charge in [0.25, 0.3) is 0 Å². The van der Waals surface area contributed by atoms with E-state index in [2.05, 4.69) is 25.7 Å². The standard InChI is InChI=1S/C16H32N2O/c1-14(2)9-8-10-15(3)17(4)16(19)13-18-11-6-5-7-12-18/h14-15H,5-13H2,1-4H3/t15-/m1/s1. The van der Waals surface area contributed by atoms with Gasteiger partial charge in [-0.25, -0.2) is 0 Å². The van der Waals surface area contributed by atoms with Gasteiger partial charge in [0.05, 0.1) is 6.54 Å². The van der Waals surface area contributed by atoms with E-state index < -0.39 is 0 Å². The summed E-state index contributed by atoms with van der Waals surface area (Å²) in [5, 5.41) is 0. The van der Waals surface area contributed by atoms with Gasteiger partial charge in [0.15, 0.2) is 0 Å². The summed E-state index contributed by atoms with van der Waals surface area (Å²) in [5.41, 5.74) is 0. The largest absolute Gasteiger partial charge is 0.342 e. The summed E-state index contributed by atoms with van der Waals surface area (Å²) in [6.45, 7) is 9.51. The Morgan fingerprint density at radius 2 is 1.74 bits per heavy atom. The maximum Gasteiger partial charge on any atom is 0.236 e. The SMILES string of the molecule is CC(C)CCC[C@@H](C)N(C)C(=O)CN1CCCCC1. The minimum Gasteiger partial charge on any atom is -0.342 e. The van der Waals surface area contributed by atoms with Gasteiger partial charge in [-0.3, -0.25) is 9.69 Å². The third kappa shape index (κ3) is 6.42. The van der Waals surface area contributed by atoms with Gasteiger partial charge in [-0.15, -0.1) is 0 Å². The fourth-order valence-electron chi connectivity index (χ4n) is 2.68. The molecule has 0 spiro atoms. The molecule has 0 bridgehead atoms. The fourth-order valence-corrected chi connectivity index (χ4v) is 2.68. The molecule has 0 aromatic rings. The van der Waals surface area contributed by atoms with Crippen LogP contribution < -0.4 is 0 Å². The van der Waals surface area contributed by atoms with Gasteiger partial charge in [-0.05, 0) is 45.2 Å². The molecule has 1 saturated heterocycles. The summed E-state index contributed by atoms with van der Waals surface area (Å²) in [7, 11) is 1.96. The Balaban J connectivity index is 2.25. The highest BCUT2D eigenvalue weighted by Crippen LogP contribution is 2.13. The second-order valence-corrected chi connectivity index (χ2v) is 6.52. The molecule has 19 heavy (non-hydrogen) atoms. The van der Waals surface area contributed by atoms with Crippen molar-refractivity contribution in [1.29, 1.82) is 0 Å². The first-order chi connectivity index (χ1) is 9.00. The molecule has 3 nitrogen and oxygen atoms in total. The molecule has 0 aromatic carbocycles. The number of amides is 1. The van der Waals surface area contributed by atoms with Crippen molar-refractivity contribution in [2.75, 3.05) is 26.7 Å². The maximum absolute atomic E-state index is 12.2. The summed E-state index contributed by atoms with van der Waals surface area (Å²) < 4.78 is 0. The quantitative estimate of drug-likeness (QED) is 0.708. The lowest BCUT2D eigenvalue weighted by Gasteiger charge is -2.30. The number of carbonyl (C=O) groups excluding carboxylic acids is 1. The van der Waals surface area contributed by atoms with Crippen LogP contribution in [0.3, 0.4) is 0 Å². The third-order valence-electron chi connectivity index (χ3n) is 4.27. The van der Waals surface area contributed by atoms with Gasteiger partial charge < -0.3 is 4.90 Å². The van der Waals surface area contributed by atoms with Crippen LogP contribution in [0.5, 0.6) is 0 Å². The van der Waals surface area contributed by atoms with Crippen molar-refractivity contribution in [1.82, 2.24) is 9.80 Å². The Bertz CT molecular complexity index is 259. The summed E-state index contributed by atoms with van der Waals surface area (Å²) >= 11 is 0. The van der Waals surface area contributed by atoms with Gasteiger partial charge in [0, 0.05) is 13.1 Å². The van der Waals surface area contributed by atoms with Gasteiger partial charge in [-0.1, -0.05) is 33.1 Å². The first-order valence-electron chi connectivity index (χ1n) is 7.98. The molecule has 0 aliphatic carbocycles. The van der Waals surface area contributed by atoms with Crippen molar-refractivity contribution in [2.24, 2.45) is 5.92 Å². The number of likely N-dealkylation sites (N-methyl/N-ethyl adjacent to an activating group) is 1. The zero-order chi connectivity index (χ0) is 14.3. The Labute approximate surface area is 119 Å². The molecule has 1 atom stereocenters. The molecule has 0 saturated carbocycles. The molecule has 1 fully saturated rings. The van der Waals surface area contributed by atoms with Gasteiger partial charge >= 0.3 is 0 Å². The van der Waals surface area contributed by atoms with Crippen LogP contribution in [0.4, 0.5) is 0 Å². The summed E-state index contributed by atoms with van der Waals surface area (Å²) in [5.74, 6) is 1.06. The Kier molecular flexibility index (Phi) is 7.44. The zero-order valence-corrected chi connectivity index (χ0v) is 13.3. The highest BCUT2D eigenvalue weighted by molar-refractivity contribution is 5.78. The molecule has 1 aliphatic rings. The molecule has 1 heterocycles. The lowest BCUT2D eigenvalue weighted by Crippen LogP contribution is -2.43. The van der Waals surface area contributed by atoms with E-state index >= 15 is 0 Å². The summed E-state index contributed by atoms with van der Waals surface area (Å²) in [6, 6.07) is 0.371. The first-order valence-corrected chi connectivity index (χ1v) is 7.98. The van der Waals surface area contributed by atoms with E-state index in [1.807, 2.05) is 11.9 Å². The molecule has 1 aliphatic heterocycles. The van der Waals surface area contributed by atoms with Crippen LogP contribution in [0.15, 0.2) is 0 Å². The molecule has 3 heteroatoms. The maximum atomic E-state index is 12.2. The number of rotatable bonds is 7. The molecular formula is C16H32N2O. The molecule has 0 unspecified atom stereocenters. The van der Waals surface area contributed by atoms with Gasteiger partial charge in [0.1, 0.15) is 0 Å². The van der Waals surface area contributed by atoms with Crippen molar-refractivity contribution >= 4 is 5.91 Å². The smallest absolute Gasteiger partial charge is 0.236 e. The van der Waals surface area contributed by atoms with E-state index in [9.17, 15) is 4.79 Å². The Hall–Kier alpha value is -0.570. The highest BCUT2D eigenvalue weighted by Gasteiger charge is 2.19. The number of likely N-dealkylation sites (tertiary alicyclic amines) is 1. The normalized spacial score (nSPS) is 18.6. The molecule has 0 radical (unpaired) electrons. The van der Waals surface area contributed by atoms with Crippen LogP contribution in [0.25, 0.3) is 0 Å². The van der Waals surface area contributed by atoms with Crippen LogP contribution in [0.1, 0.15) is 59.3 Å². The fraction of sp³-hybridized carbons (Fsp3) is 0.938.